The first-order chi connectivity index (χ1) is 13.5. The van der Waals surface area contributed by atoms with Gasteiger partial charge in [0.1, 0.15) is 11.5 Å². The Balaban J connectivity index is 1.52. The van der Waals surface area contributed by atoms with Gasteiger partial charge in [-0.25, -0.2) is 4.39 Å². The molecule has 0 saturated carbocycles. The lowest BCUT2D eigenvalue weighted by Crippen LogP contribution is -2.38. The third-order valence-corrected chi connectivity index (χ3v) is 5.64. The number of nitrogens with zero attached hydrogens (tertiary/aromatic N) is 4. The number of amides is 2. The molecule has 1 aromatic heterocycles. The second-order valence-electron chi connectivity index (χ2n) is 7.82. The number of carbonyl (C=O) groups is 2. The number of fused-ring (bicyclic) bond motifs is 1. The van der Waals surface area contributed by atoms with Crippen molar-refractivity contribution in [3.05, 3.63) is 53.1 Å². The summed E-state index contributed by atoms with van der Waals surface area (Å²) in [5, 5.41) is 4.43. The molecule has 6 nitrogen and oxygen atoms in total. The first-order valence-corrected chi connectivity index (χ1v) is 9.92. The van der Waals surface area contributed by atoms with Gasteiger partial charge in [-0.1, -0.05) is 19.1 Å². The third kappa shape index (κ3) is 3.79. The minimum Gasteiger partial charge on any atom is -0.337 e. The second-order valence-corrected chi connectivity index (χ2v) is 7.82. The smallest absolute Gasteiger partial charge is 0.274 e. The van der Waals surface area contributed by atoms with Crippen LogP contribution in [0.15, 0.2) is 30.3 Å². The van der Waals surface area contributed by atoms with E-state index in [0.29, 0.717) is 36.9 Å². The lowest BCUT2D eigenvalue weighted by Gasteiger charge is -2.29. The van der Waals surface area contributed by atoms with Gasteiger partial charge in [-0.2, -0.15) is 5.10 Å². The summed E-state index contributed by atoms with van der Waals surface area (Å²) in [6.45, 7) is 5.18. The number of hydrogen-bond donors (Lipinski definition) is 0. The van der Waals surface area contributed by atoms with Crippen molar-refractivity contribution < 1.29 is 14.0 Å². The van der Waals surface area contributed by atoms with Crippen molar-refractivity contribution in [1.82, 2.24) is 19.6 Å². The first kappa shape index (κ1) is 18.7. The Hall–Kier alpha value is -2.70. The maximum absolute atomic E-state index is 13.5. The fraction of sp³-hybridized carbons (Fsp3) is 0.476. The summed E-state index contributed by atoms with van der Waals surface area (Å²) < 4.78 is 15.1. The monoisotopic (exact) mass is 384 g/mol. The van der Waals surface area contributed by atoms with Crippen LogP contribution in [0.4, 0.5) is 4.39 Å². The molecule has 2 amide bonds. The van der Waals surface area contributed by atoms with Gasteiger partial charge in [0.05, 0.1) is 0 Å². The van der Waals surface area contributed by atoms with Crippen LogP contribution in [0.25, 0.3) is 0 Å². The zero-order valence-corrected chi connectivity index (χ0v) is 16.1. The van der Waals surface area contributed by atoms with Crippen LogP contribution >= 0.6 is 0 Å². The van der Waals surface area contributed by atoms with Gasteiger partial charge in [0, 0.05) is 38.8 Å². The molecule has 0 aliphatic carbocycles. The van der Waals surface area contributed by atoms with Crippen LogP contribution in [0.1, 0.15) is 52.7 Å². The van der Waals surface area contributed by atoms with Crippen molar-refractivity contribution in [2.24, 2.45) is 5.92 Å². The van der Waals surface area contributed by atoms with E-state index in [1.54, 1.807) is 21.7 Å². The van der Waals surface area contributed by atoms with Gasteiger partial charge < -0.3 is 9.80 Å². The Bertz CT molecular complexity index is 886. The average Bonchev–Trinajstić information content (AvgIpc) is 3.05. The Labute approximate surface area is 163 Å². The van der Waals surface area contributed by atoms with E-state index in [2.05, 4.69) is 12.0 Å². The average molecular weight is 384 g/mol. The number of hydrogen-bond acceptors (Lipinski definition) is 3. The van der Waals surface area contributed by atoms with Gasteiger partial charge in [-0.15, -0.1) is 0 Å². The molecule has 0 spiro atoms. The zero-order chi connectivity index (χ0) is 19.7. The van der Waals surface area contributed by atoms with Crippen LogP contribution in [0, 0.1) is 11.7 Å². The molecular formula is C21H25FN4O2. The molecule has 0 radical (unpaired) electrons. The largest absolute Gasteiger partial charge is 0.337 e. The van der Waals surface area contributed by atoms with Gasteiger partial charge in [-0.05, 0) is 42.9 Å². The first-order valence-electron chi connectivity index (χ1n) is 9.92. The van der Waals surface area contributed by atoms with E-state index in [1.165, 1.54) is 12.1 Å². The summed E-state index contributed by atoms with van der Waals surface area (Å²) in [6.07, 6.45) is 2.74. The Morgan fingerprint density at radius 3 is 2.71 bits per heavy atom. The Morgan fingerprint density at radius 2 is 1.96 bits per heavy atom. The molecule has 1 saturated heterocycles. The number of aryl methyl sites for hydroxylation is 1. The second kappa shape index (κ2) is 7.73. The minimum atomic E-state index is -0.312. The summed E-state index contributed by atoms with van der Waals surface area (Å²) in [5.74, 6) is 0.0619. The molecule has 148 valence electrons. The van der Waals surface area contributed by atoms with E-state index in [1.807, 2.05) is 11.0 Å². The predicted octanol–water partition coefficient (Wildman–Crippen LogP) is 2.94. The molecule has 1 aromatic carbocycles. The van der Waals surface area contributed by atoms with Crippen LogP contribution in [0.2, 0.25) is 0 Å². The SMILES string of the molecule is CC1CCN(C(=O)c2cc3n(n2)CCCN(Cc2cccc(F)c2)C3=O)CC1. The Kier molecular flexibility index (Phi) is 5.15. The van der Waals surface area contributed by atoms with Gasteiger partial charge in [0.2, 0.25) is 0 Å². The zero-order valence-electron chi connectivity index (χ0n) is 16.1. The minimum absolute atomic E-state index is 0.100. The maximum atomic E-state index is 13.5. The lowest BCUT2D eigenvalue weighted by molar-refractivity contribution is 0.0690. The fourth-order valence-electron chi connectivity index (χ4n) is 3.92. The fourth-order valence-corrected chi connectivity index (χ4v) is 3.92. The van der Waals surface area contributed by atoms with Gasteiger partial charge in [0.25, 0.3) is 11.8 Å². The molecule has 0 N–H and O–H groups in total. The lowest BCUT2D eigenvalue weighted by atomic mass is 9.99. The highest BCUT2D eigenvalue weighted by Crippen LogP contribution is 2.21. The summed E-state index contributed by atoms with van der Waals surface area (Å²) in [7, 11) is 0. The molecule has 0 bridgehead atoms. The molecule has 3 heterocycles. The van der Waals surface area contributed by atoms with Gasteiger partial charge >= 0.3 is 0 Å². The number of aromatic nitrogens is 2. The van der Waals surface area contributed by atoms with Crippen molar-refractivity contribution in [3.8, 4) is 0 Å². The number of halogens is 1. The van der Waals surface area contributed by atoms with Crippen LogP contribution in [-0.2, 0) is 13.1 Å². The summed E-state index contributed by atoms with van der Waals surface area (Å²) >= 11 is 0. The highest BCUT2D eigenvalue weighted by Gasteiger charge is 2.29. The van der Waals surface area contributed by atoms with Crippen molar-refractivity contribution in [2.45, 2.75) is 39.3 Å². The highest BCUT2D eigenvalue weighted by molar-refractivity contribution is 5.98. The van der Waals surface area contributed by atoms with Crippen molar-refractivity contribution in [3.63, 3.8) is 0 Å². The molecule has 2 aliphatic heterocycles. The summed E-state index contributed by atoms with van der Waals surface area (Å²) in [5.41, 5.74) is 1.52. The van der Waals surface area contributed by atoms with E-state index in [-0.39, 0.29) is 17.6 Å². The number of piperidine rings is 1. The molecule has 1 fully saturated rings. The normalized spacial score (nSPS) is 18.1. The molecule has 0 atom stereocenters. The quantitative estimate of drug-likeness (QED) is 0.818. The molecule has 2 aliphatic rings. The van der Waals surface area contributed by atoms with E-state index in [4.69, 9.17) is 0 Å². The molecule has 4 rings (SSSR count). The van der Waals surface area contributed by atoms with Crippen LogP contribution in [0.3, 0.4) is 0 Å². The van der Waals surface area contributed by atoms with E-state index >= 15 is 0 Å². The van der Waals surface area contributed by atoms with E-state index in [9.17, 15) is 14.0 Å². The van der Waals surface area contributed by atoms with Gasteiger partial charge in [0.15, 0.2) is 5.69 Å². The highest BCUT2D eigenvalue weighted by atomic mass is 19.1. The molecule has 0 unspecified atom stereocenters. The van der Waals surface area contributed by atoms with Crippen LogP contribution in [-0.4, -0.2) is 51.0 Å². The van der Waals surface area contributed by atoms with Crippen molar-refractivity contribution >= 4 is 11.8 Å². The van der Waals surface area contributed by atoms with E-state index < -0.39 is 0 Å². The van der Waals surface area contributed by atoms with Crippen LogP contribution in [0.5, 0.6) is 0 Å². The topological polar surface area (TPSA) is 58.4 Å². The summed E-state index contributed by atoms with van der Waals surface area (Å²) in [4.78, 5) is 29.4. The standard InChI is InChI=1S/C21H25FN4O2/c1-15-6-10-24(11-7-15)20(27)18-13-19-21(28)25(8-3-9-26(19)23-18)14-16-4-2-5-17(22)12-16/h2,4-5,12-13,15H,3,6-11,14H2,1H3. The summed E-state index contributed by atoms with van der Waals surface area (Å²) in [6, 6.07) is 7.91. The number of likely N-dealkylation sites (tertiary alicyclic amines) is 1. The van der Waals surface area contributed by atoms with Gasteiger partial charge in [-0.3, -0.25) is 14.3 Å². The van der Waals surface area contributed by atoms with Crippen molar-refractivity contribution in [1.29, 1.82) is 0 Å². The van der Waals surface area contributed by atoms with E-state index in [0.717, 1.165) is 37.9 Å². The number of benzene rings is 1. The Morgan fingerprint density at radius 1 is 1.18 bits per heavy atom. The maximum Gasteiger partial charge on any atom is 0.274 e. The predicted molar refractivity (Wildman–Crippen MR) is 102 cm³/mol. The van der Waals surface area contributed by atoms with Crippen molar-refractivity contribution in [2.75, 3.05) is 19.6 Å². The number of rotatable bonds is 3. The molecule has 28 heavy (non-hydrogen) atoms. The van der Waals surface area contributed by atoms with Crippen LogP contribution < -0.4 is 0 Å². The molecular weight excluding hydrogens is 359 g/mol. The number of carbonyl (C=O) groups excluding carboxylic acids is 2. The molecule has 7 heteroatoms. The molecule has 2 aromatic rings. The third-order valence-electron chi connectivity index (χ3n) is 5.64.